The van der Waals surface area contributed by atoms with Crippen molar-refractivity contribution in [1.82, 2.24) is 0 Å². The number of esters is 6. The van der Waals surface area contributed by atoms with E-state index in [-0.39, 0.29) is 5.56 Å². The lowest BCUT2D eigenvalue weighted by Gasteiger charge is -2.42. The van der Waals surface area contributed by atoms with Crippen LogP contribution in [0.25, 0.3) is 0 Å². The minimum Gasteiger partial charge on any atom is -0.458 e. The van der Waals surface area contributed by atoms with Crippen molar-refractivity contribution >= 4 is 47.4 Å². The molecule has 276 valence electrons. The molecule has 0 amide bonds. The highest BCUT2D eigenvalue weighted by Gasteiger charge is 2.72. The van der Waals surface area contributed by atoms with Crippen molar-refractivity contribution in [3.05, 3.63) is 60.2 Å². The fourth-order valence-electron chi connectivity index (χ4n) is 6.78. The molecule has 1 fully saturated rings. The molecule has 1 saturated carbocycles. The van der Waals surface area contributed by atoms with Crippen molar-refractivity contribution in [1.29, 1.82) is 0 Å². The average Bonchev–Trinajstić information content (AvgIpc) is 3.24. The van der Waals surface area contributed by atoms with E-state index in [1.165, 1.54) is 52.0 Å². The standard InChI is InChI=1S/C37H44O14/c1-19-16-17-35(8,9)32(44)30(49-34(45)26-14-12-11-13-15-26)29(47-22(4)39)20(2)28(46-21(3)38)27-33(48-23(5)40)36(10,50-24(6)41)18-37(27,31(19)43)51-25(7)42/h11-17,19,27-30,33H,2,18H2,1,3-10H3/b17-16+/t19-,27+,28+,29+,30-,33-,36-,37-/m0/s1. The molecule has 0 aliphatic heterocycles. The molecular weight excluding hydrogens is 668 g/mol. The Hall–Kier alpha value is -5.14. The number of carbonyl (C=O) groups excluding carboxylic acids is 8. The molecule has 14 nitrogen and oxygen atoms in total. The normalized spacial score (nSPS) is 31.0. The summed E-state index contributed by atoms with van der Waals surface area (Å²) in [5.41, 5.74) is -6.15. The molecule has 0 saturated heterocycles. The molecule has 0 heterocycles. The summed E-state index contributed by atoms with van der Waals surface area (Å²) < 4.78 is 34.5. The third-order valence-electron chi connectivity index (χ3n) is 8.76. The van der Waals surface area contributed by atoms with E-state index in [2.05, 4.69) is 6.58 Å². The Bertz CT molecular complexity index is 1640. The quantitative estimate of drug-likeness (QED) is 0.226. The molecule has 2 aliphatic carbocycles. The van der Waals surface area contributed by atoms with Gasteiger partial charge in [-0.3, -0.25) is 33.6 Å². The van der Waals surface area contributed by atoms with Gasteiger partial charge in [-0.25, -0.2) is 4.79 Å². The molecule has 0 radical (unpaired) electrons. The number of allylic oxidation sites excluding steroid dienone is 2. The Morgan fingerprint density at radius 3 is 1.73 bits per heavy atom. The van der Waals surface area contributed by atoms with Crippen molar-refractivity contribution in [3.63, 3.8) is 0 Å². The van der Waals surface area contributed by atoms with Gasteiger partial charge in [0.1, 0.15) is 6.10 Å². The number of rotatable bonds is 7. The van der Waals surface area contributed by atoms with Crippen molar-refractivity contribution < 1.29 is 66.8 Å². The molecule has 0 bridgehead atoms. The molecule has 0 spiro atoms. The lowest BCUT2D eigenvalue weighted by molar-refractivity contribution is -0.190. The summed E-state index contributed by atoms with van der Waals surface area (Å²) >= 11 is 0. The van der Waals surface area contributed by atoms with Crippen LogP contribution >= 0.6 is 0 Å². The summed E-state index contributed by atoms with van der Waals surface area (Å²) in [5.74, 6) is -10.2. The van der Waals surface area contributed by atoms with Crippen molar-refractivity contribution in [2.24, 2.45) is 17.3 Å². The minimum absolute atomic E-state index is 0.0458. The van der Waals surface area contributed by atoms with Gasteiger partial charge in [-0.1, -0.05) is 43.9 Å². The predicted molar refractivity (Wildman–Crippen MR) is 176 cm³/mol. The number of hydrogen-bond acceptors (Lipinski definition) is 14. The highest BCUT2D eigenvalue weighted by atomic mass is 16.6. The van der Waals surface area contributed by atoms with E-state index in [0.29, 0.717) is 0 Å². The van der Waals surface area contributed by atoms with E-state index in [9.17, 15) is 38.4 Å². The summed E-state index contributed by atoms with van der Waals surface area (Å²) in [6.45, 7) is 15.0. The molecule has 1 aromatic rings. The Labute approximate surface area is 295 Å². The molecule has 0 unspecified atom stereocenters. The van der Waals surface area contributed by atoms with Gasteiger partial charge < -0.3 is 28.4 Å². The molecule has 14 heteroatoms. The van der Waals surface area contributed by atoms with Crippen molar-refractivity contribution in [3.8, 4) is 0 Å². The van der Waals surface area contributed by atoms with Gasteiger partial charge in [0, 0.05) is 57.9 Å². The van der Waals surface area contributed by atoms with Gasteiger partial charge >= 0.3 is 35.8 Å². The summed E-state index contributed by atoms with van der Waals surface area (Å²) in [5, 5.41) is 0. The summed E-state index contributed by atoms with van der Waals surface area (Å²) in [6.07, 6.45) is -5.23. The second-order valence-electron chi connectivity index (χ2n) is 13.5. The van der Waals surface area contributed by atoms with Gasteiger partial charge in [-0.05, 0) is 32.9 Å². The van der Waals surface area contributed by atoms with Crippen LogP contribution in [0.3, 0.4) is 0 Å². The molecule has 2 aliphatic rings. The topological polar surface area (TPSA) is 192 Å². The largest absolute Gasteiger partial charge is 0.458 e. The fraction of sp³-hybridized carbons (Fsp3) is 0.514. The van der Waals surface area contributed by atoms with Crippen LogP contribution in [0.5, 0.6) is 0 Å². The van der Waals surface area contributed by atoms with E-state index in [1.54, 1.807) is 18.2 Å². The Morgan fingerprint density at radius 2 is 1.22 bits per heavy atom. The Morgan fingerprint density at radius 1 is 0.686 bits per heavy atom. The number of hydrogen-bond donors (Lipinski definition) is 0. The summed E-state index contributed by atoms with van der Waals surface area (Å²) in [6, 6.07) is 7.65. The molecular formula is C37H44O14. The van der Waals surface area contributed by atoms with E-state index < -0.39 is 112 Å². The van der Waals surface area contributed by atoms with Crippen LogP contribution in [0, 0.1) is 17.3 Å². The average molecular weight is 713 g/mol. The van der Waals surface area contributed by atoms with Gasteiger partial charge in [-0.15, -0.1) is 0 Å². The van der Waals surface area contributed by atoms with Crippen LogP contribution in [0.1, 0.15) is 79.1 Å². The Balaban J connectivity index is 2.51. The lowest BCUT2D eigenvalue weighted by Crippen LogP contribution is -2.58. The fourth-order valence-corrected chi connectivity index (χ4v) is 6.78. The Kier molecular flexibility index (Phi) is 12.2. The second kappa shape index (κ2) is 15.4. The number of benzene rings is 1. The minimum atomic E-state index is -2.37. The molecule has 1 aromatic carbocycles. The smallest absolute Gasteiger partial charge is 0.338 e. The first-order valence-electron chi connectivity index (χ1n) is 16.2. The van der Waals surface area contributed by atoms with Crippen LogP contribution in [-0.2, 0) is 62.0 Å². The molecule has 0 aromatic heterocycles. The number of ether oxygens (including phenoxy) is 6. The molecule has 0 N–H and O–H groups in total. The maximum absolute atomic E-state index is 14.7. The SMILES string of the molecule is C=C1[C@@H](OC(C)=O)[C@@H]2[C@H](OC(C)=O)[C@@](C)(OC(C)=O)C[C@@]2(OC(C)=O)C(=O)[C@@H](C)/C=C/C(C)(C)C(=O)[C@@H](OC(=O)c2ccccc2)[C@@H]1OC(C)=O. The van der Waals surface area contributed by atoms with E-state index in [1.807, 2.05) is 0 Å². The maximum Gasteiger partial charge on any atom is 0.338 e. The number of carbonyl (C=O) groups is 8. The van der Waals surface area contributed by atoms with Crippen LogP contribution in [0.15, 0.2) is 54.6 Å². The zero-order chi connectivity index (χ0) is 38.6. The van der Waals surface area contributed by atoms with Crippen LogP contribution in [-0.4, -0.2) is 83.0 Å². The zero-order valence-corrected chi connectivity index (χ0v) is 30.1. The summed E-state index contributed by atoms with van der Waals surface area (Å²) in [7, 11) is 0. The van der Waals surface area contributed by atoms with Gasteiger partial charge in [0.2, 0.25) is 6.10 Å². The van der Waals surface area contributed by atoms with Crippen molar-refractivity contribution in [2.45, 2.75) is 104 Å². The maximum atomic E-state index is 14.7. The number of Topliss-reactive ketones (excluding diaryl/α,β-unsaturated/α-hetero) is 2. The number of ketones is 2. The van der Waals surface area contributed by atoms with Gasteiger partial charge in [-0.2, -0.15) is 0 Å². The first-order chi connectivity index (χ1) is 23.6. The van der Waals surface area contributed by atoms with Gasteiger partial charge in [0.25, 0.3) is 0 Å². The zero-order valence-electron chi connectivity index (χ0n) is 30.1. The highest BCUT2D eigenvalue weighted by Crippen LogP contribution is 2.54. The predicted octanol–water partition coefficient (Wildman–Crippen LogP) is 3.58. The molecule has 3 rings (SSSR count). The van der Waals surface area contributed by atoms with Crippen LogP contribution < -0.4 is 0 Å². The first-order valence-corrected chi connectivity index (χ1v) is 16.2. The monoisotopic (exact) mass is 712 g/mol. The number of fused-ring (bicyclic) bond motifs is 1. The first kappa shape index (κ1) is 40.3. The highest BCUT2D eigenvalue weighted by molar-refractivity contribution is 5.97. The lowest BCUT2D eigenvalue weighted by atomic mass is 9.72. The third-order valence-corrected chi connectivity index (χ3v) is 8.76. The third kappa shape index (κ3) is 8.78. The summed E-state index contributed by atoms with van der Waals surface area (Å²) in [4.78, 5) is 106. The van der Waals surface area contributed by atoms with Gasteiger partial charge in [0.15, 0.2) is 35.0 Å². The van der Waals surface area contributed by atoms with E-state index >= 15 is 0 Å². The second-order valence-corrected chi connectivity index (χ2v) is 13.5. The van der Waals surface area contributed by atoms with Crippen LogP contribution in [0.4, 0.5) is 0 Å². The van der Waals surface area contributed by atoms with E-state index in [0.717, 1.165) is 34.6 Å². The molecule has 51 heavy (non-hydrogen) atoms. The molecule has 8 atom stereocenters. The van der Waals surface area contributed by atoms with E-state index in [4.69, 9.17) is 28.4 Å². The van der Waals surface area contributed by atoms with Gasteiger partial charge in [0.05, 0.1) is 11.5 Å². The van der Waals surface area contributed by atoms with Crippen LogP contribution in [0.2, 0.25) is 0 Å². The van der Waals surface area contributed by atoms with Crippen molar-refractivity contribution in [2.75, 3.05) is 0 Å².